The maximum absolute atomic E-state index is 12.6. The summed E-state index contributed by atoms with van der Waals surface area (Å²) in [5, 5.41) is 6.06. The summed E-state index contributed by atoms with van der Waals surface area (Å²) in [6, 6.07) is 7.89. The van der Waals surface area contributed by atoms with Gasteiger partial charge in [0.1, 0.15) is 10.8 Å². The lowest BCUT2D eigenvalue weighted by atomic mass is 10.1. The van der Waals surface area contributed by atoms with E-state index in [0.29, 0.717) is 18.6 Å². The molecule has 0 unspecified atom stereocenters. The number of hydrogen-bond acceptors (Lipinski definition) is 6. The Balaban J connectivity index is 1.72. The van der Waals surface area contributed by atoms with Gasteiger partial charge in [0.2, 0.25) is 5.91 Å². The summed E-state index contributed by atoms with van der Waals surface area (Å²) in [5.74, 6) is 0.781. The molecule has 0 saturated heterocycles. The van der Waals surface area contributed by atoms with Gasteiger partial charge in [0.05, 0.1) is 24.9 Å². The van der Waals surface area contributed by atoms with E-state index in [4.69, 9.17) is 14.5 Å². The second kappa shape index (κ2) is 13.2. The first-order chi connectivity index (χ1) is 16.9. The molecule has 1 aromatic carbocycles. The standard InChI is InChI=1S/C28H36N2O4S/c1-5-7-14-34-24-12-8-21(9-13-24)17-25(30-26(31)22-10-11-22)27-29-23(18-35-27)16-19(3)15-20(4)28(32)33-6-2/h8-9,12-13,15-16,18,22,25H,5-7,10-11,14,17H2,1-4H3,(H,30,31)/b19-16+,20-15-/t25-/m0/s1. The Morgan fingerprint density at radius 2 is 1.94 bits per heavy atom. The van der Waals surface area contributed by atoms with Gasteiger partial charge in [-0.3, -0.25) is 4.79 Å². The average Bonchev–Trinajstić information content (AvgIpc) is 3.59. The van der Waals surface area contributed by atoms with Gasteiger partial charge >= 0.3 is 5.97 Å². The molecular weight excluding hydrogens is 460 g/mol. The zero-order valence-electron chi connectivity index (χ0n) is 21.1. The minimum Gasteiger partial charge on any atom is -0.494 e. The van der Waals surface area contributed by atoms with E-state index in [1.807, 2.05) is 30.5 Å². The number of ether oxygens (including phenoxy) is 2. The first-order valence-corrected chi connectivity index (χ1v) is 13.3. The van der Waals surface area contributed by atoms with E-state index in [9.17, 15) is 9.59 Å². The average molecular weight is 497 g/mol. The molecule has 3 rings (SSSR count). The first kappa shape index (κ1) is 26.7. The Bertz CT molecular complexity index is 1050. The second-order valence-corrected chi connectivity index (χ2v) is 9.82. The molecule has 1 aliphatic rings. The zero-order chi connectivity index (χ0) is 25.2. The summed E-state index contributed by atoms with van der Waals surface area (Å²) in [4.78, 5) is 29.2. The summed E-state index contributed by atoms with van der Waals surface area (Å²) in [6.45, 7) is 8.68. The first-order valence-electron chi connectivity index (χ1n) is 12.4. The van der Waals surface area contributed by atoms with E-state index in [1.54, 1.807) is 19.9 Å². The van der Waals surface area contributed by atoms with Crippen LogP contribution in [0.3, 0.4) is 0 Å². The number of carbonyl (C=O) groups is 2. The smallest absolute Gasteiger partial charge is 0.333 e. The van der Waals surface area contributed by atoms with E-state index >= 15 is 0 Å². The van der Waals surface area contributed by atoms with Crippen molar-refractivity contribution in [1.29, 1.82) is 0 Å². The molecule has 1 aromatic heterocycles. The maximum atomic E-state index is 12.6. The number of benzene rings is 1. The van der Waals surface area contributed by atoms with E-state index < -0.39 is 0 Å². The lowest BCUT2D eigenvalue weighted by Gasteiger charge is -2.17. The zero-order valence-corrected chi connectivity index (χ0v) is 22.0. The van der Waals surface area contributed by atoms with Crippen molar-refractivity contribution in [2.75, 3.05) is 13.2 Å². The van der Waals surface area contributed by atoms with Crippen molar-refractivity contribution < 1.29 is 19.1 Å². The molecular formula is C28H36N2O4S. The molecule has 1 atom stereocenters. The Morgan fingerprint density at radius 1 is 1.20 bits per heavy atom. The third-order valence-corrected chi connectivity index (χ3v) is 6.63. The van der Waals surface area contributed by atoms with Gasteiger partial charge in [-0.2, -0.15) is 0 Å². The van der Waals surface area contributed by atoms with Crippen molar-refractivity contribution in [3.8, 4) is 5.75 Å². The molecule has 1 N–H and O–H groups in total. The van der Waals surface area contributed by atoms with Gasteiger partial charge in [-0.05, 0) is 81.9 Å². The van der Waals surface area contributed by atoms with Gasteiger partial charge in [-0.1, -0.05) is 25.5 Å². The Hall–Kier alpha value is -2.93. The van der Waals surface area contributed by atoms with Gasteiger partial charge in [0.25, 0.3) is 0 Å². The van der Waals surface area contributed by atoms with Crippen LogP contribution in [-0.4, -0.2) is 30.1 Å². The quantitative estimate of drug-likeness (QED) is 0.158. The summed E-state index contributed by atoms with van der Waals surface area (Å²) >= 11 is 1.54. The van der Waals surface area contributed by atoms with Crippen LogP contribution in [0.5, 0.6) is 5.75 Å². The predicted molar refractivity (Wildman–Crippen MR) is 140 cm³/mol. The molecule has 0 aliphatic heterocycles. The molecule has 0 bridgehead atoms. The van der Waals surface area contributed by atoms with E-state index in [-0.39, 0.29) is 23.8 Å². The van der Waals surface area contributed by atoms with Crippen LogP contribution in [0.1, 0.15) is 75.7 Å². The number of nitrogens with one attached hydrogen (secondary N) is 1. The molecule has 1 fully saturated rings. The molecule has 1 heterocycles. The summed E-state index contributed by atoms with van der Waals surface area (Å²) in [7, 11) is 0. The number of allylic oxidation sites excluding steroid dienone is 2. The topological polar surface area (TPSA) is 77.5 Å². The Morgan fingerprint density at radius 3 is 2.60 bits per heavy atom. The molecule has 1 aliphatic carbocycles. The molecule has 0 radical (unpaired) electrons. The predicted octanol–water partition coefficient (Wildman–Crippen LogP) is 6.04. The highest BCUT2D eigenvalue weighted by Gasteiger charge is 2.32. The van der Waals surface area contributed by atoms with Crippen molar-refractivity contribution in [2.24, 2.45) is 5.92 Å². The second-order valence-electron chi connectivity index (χ2n) is 8.93. The third-order valence-electron chi connectivity index (χ3n) is 5.65. The Kier molecular flexibility index (Phi) is 10.1. The van der Waals surface area contributed by atoms with Crippen molar-refractivity contribution in [3.63, 3.8) is 0 Å². The number of nitrogens with zero attached hydrogens (tertiary/aromatic N) is 1. The van der Waals surface area contributed by atoms with E-state index in [0.717, 1.165) is 59.9 Å². The van der Waals surface area contributed by atoms with Crippen LogP contribution in [0.15, 0.2) is 46.9 Å². The molecule has 35 heavy (non-hydrogen) atoms. The number of unbranched alkanes of at least 4 members (excludes halogenated alkanes) is 1. The van der Waals surface area contributed by atoms with Gasteiger partial charge in [0.15, 0.2) is 0 Å². The van der Waals surface area contributed by atoms with E-state index in [1.165, 1.54) is 11.3 Å². The van der Waals surface area contributed by atoms with Crippen LogP contribution in [0, 0.1) is 5.92 Å². The number of amides is 1. The van der Waals surface area contributed by atoms with Gasteiger partial charge in [-0.25, -0.2) is 9.78 Å². The highest BCUT2D eigenvalue weighted by Crippen LogP contribution is 2.31. The maximum Gasteiger partial charge on any atom is 0.333 e. The van der Waals surface area contributed by atoms with Gasteiger partial charge in [0, 0.05) is 16.9 Å². The number of thiazole rings is 1. The van der Waals surface area contributed by atoms with Crippen molar-refractivity contribution in [1.82, 2.24) is 10.3 Å². The summed E-state index contributed by atoms with van der Waals surface area (Å²) in [6.07, 6.45) is 8.45. The van der Waals surface area contributed by atoms with Crippen LogP contribution in [0.4, 0.5) is 0 Å². The van der Waals surface area contributed by atoms with Gasteiger partial charge in [-0.15, -0.1) is 11.3 Å². The van der Waals surface area contributed by atoms with Crippen LogP contribution in [-0.2, 0) is 20.7 Å². The van der Waals surface area contributed by atoms with Crippen LogP contribution < -0.4 is 10.1 Å². The number of aromatic nitrogens is 1. The SMILES string of the molecule is CCCCOc1ccc(C[C@H](NC(=O)C2CC2)c2nc(/C=C(C)/C=C(/C)C(=O)OCC)cs2)cc1. The van der Waals surface area contributed by atoms with Crippen LogP contribution in [0.25, 0.3) is 6.08 Å². The third kappa shape index (κ3) is 8.66. The fourth-order valence-corrected chi connectivity index (χ4v) is 4.40. The molecule has 6 nitrogen and oxygen atoms in total. The number of carbonyl (C=O) groups excluding carboxylic acids is 2. The highest BCUT2D eigenvalue weighted by molar-refractivity contribution is 7.09. The molecule has 1 amide bonds. The van der Waals surface area contributed by atoms with Crippen molar-refractivity contribution in [2.45, 2.75) is 65.8 Å². The lowest BCUT2D eigenvalue weighted by Crippen LogP contribution is -2.31. The minimum atomic E-state index is -0.316. The molecule has 1 saturated carbocycles. The summed E-state index contributed by atoms with van der Waals surface area (Å²) in [5.41, 5.74) is 3.38. The van der Waals surface area contributed by atoms with Crippen LogP contribution in [0.2, 0.25) is 0 Å². The normalized spacial score (nSPS) is 15.0. The highest BCUT2D eigenvalue weighted by atomic mass is 32.1. The Labute approximate surface area is 212 Å². The largest absolute Gasteiger partial charge is 0.494 e. The fourth-order valence-electron chi connectivity index (χ4n) is 3.57. The molecule has 2 aromatic rings. The number of esters is 1. The minimum absolute atomic E-state index is 0.103. The van der Waals surface area contributed by atoms with Crippen LogP contribution >= 0.6 is 11.3 Å². The number of hydrogen-bond donors (Lipinski definition) is 1. The monoisotopic (exact) mass is 496 g/mol. The summed E-state index contributed by atoms with van der Waals surface area (Å²) < 4.78 is 10.8. The lowest BCUT2D eigenvalue weighted by molar-refractivity contribution is -0.138. The van der Waals surface area contributed by atoms with Crippen molar-refractivity contribution >= 4 is 29.3 Å². The van der Waals surface area contributed by atoms with E-state index in [2.05, 4.69) is 24.4 Å². The van der Waals surface area contributed by atoms with Crippen molar-refractivity contribution in [3.05, 3.63) is 63.1 Å². The molecule has 188 valence electrons. The van der Waals surface area contributed by atoms with Gasteiger partial charge < -0.3 is 14.8 Å². The number of rotatable bonds is 13. The molecule has 0 spiro atoms. The fraction of sp³-hybridized carbons (Fsp3) is 0.464. The molecule has 7 heteroatoms.